The summed E-state index contributed by atoms with van der Waals surface area (Å²) in [5, 5.41) is 11.5. The Labute approximate surface area is 107 Å². The molecule has 0 spiro atoms. The molecule has 0 fully saturated rings. The average Bonchev–Trinajstić information content (AvgIpc) is 2.94. The van der Waals surface area contributed by atoms with Gasteiger partial charge >= 0.3 is 5.97 Å². The van der Waals surface area contributed by atoms with Gasteiger partial charge in [-0.15, -0.1) is 11.3 Å². The van der Waals surface area contributed by atoms with E-state index < -0.39 is 11.9 Å². The molecule has 2 aromatic rings. The van der Waals surface area contributed by atoms with Crippen molar-refractivity contribution in [2.24, 2.45) is 0 Å². The highest BCUT2D eigenvalue weighted by Gasteiger charge is 2.19. The van der Waals surface area contributed by atoms with E-state index in [1.54, 1.807) is 11.3 Å². The zero-order chi connectivity index (χ0) is 13.1. The Hall–Kier alpha value is -2.15. The van der Waals surface area contributed by atoms with Crippen LogP contribution in [-0.4, -0.2) is 27.0 Å². The molecule has 0 aliphatic heterocycles. The Kier molecular flexibility index (Phi) is 3.42. The quantitative estimate of drug-likeness (QED) is 0.778. The van der Waals surface area contributed by atoms with E-state index in [9.17, 15) is 9.59 Å². The summed E-state index contributed by atoms with van der Waals surface area (Å²) >= 11 is 1.58. The largest absolute Gasteiger partial charge is 0.477 e. The minimum absolute atomic E-state index is 0.101. The lowest BCUT2D eigenvalue weighted by Crippen LogP contribution is -2.24. The molecule has 0 bridgehead atoms. The Morgan fingerprint density at radius 1 is 1.50 bits per heavy atom. The molecule has 0 aliphatic carbocycles. The van der Waals surface area contributed by atoms with E-state index in [0.29, 0.717) is 6.54 Å². The maximum absolute atomic E-state index is 11.8. The van der Waals surface area contributed by atoms with Gasteiger partial charge in [0.1, 0.15) is 0 Å². The van der Waals surface area contributed by atoms with Gasteiger partial charge in [0.15, 0.2) is 11.4 Å². The highest BCUT2D eigenvalue weighted by molar-refractivity contribution is 7.11. The summed E-state index contributed by atoms with van der Waals surface area (Å²) in [6.07, 6.45) is 1.19. The number of aromatic amines is 1. The van der Waals surface area contributed by atoms with Crippen LogP contribution in [0.2, 0.25) is 0 Å². The van der Waals surface area contributed by atoms with Gasteiger partial charge in [0.25, 0.3) is 5.91 Å². The number of thiophene rings is 1. The van der Waals surface area contributed by atoms with Crippen molar-refractivity contribution in [3.63, 3.8) is 0 Å². The third kappa shape index (κ3) is 2.57. The number of aryl methyl sites for hydroxylation is 1. The van der Waals surface area contributed by atoms with Gasteiger partial charge in [-0.2, -0.15) is 0 Å². The van der Waals surface area contributed by atoms with E-state index in [-0.39, 0.29) is 11.4 Å². The van der Waals surface area contributed by atoms with Gasteiger partial charge in [-0.05, 0) is 19.1 Å². The van der Waals surface area contributed by atoms with Crippen LogP contribution >= 0.6 is 11.3 Å². The van der Waals surface area contributed by atoms with Gasteiger partial charge in [-0.1, -0.05) is 0 Å². The lowest BCUT2D eigenvalue weighted by Gasteiger charge is -2.01. The van der Waals surface area contributed by atoms with Gasteiger partial charge < -0.3 is 15.4 Å². The normalized spacial score (nSPS) is 10.3. The number of rotatable bonds is 4. The zero-order valence-corrected chi connectivity index (χ0v) is 10.4. The number of carbonyl (C=O) groups is 2. The molecule has 7 heteroatoms. The lowest BCUT2D eigenvalue weighted by molar-refractivity contribution is 0.0685. The molecule has 0 saturated carbocycles. The first-order chi connectivity index (χ1) is 8.58. The Balaban J connectivity index is 2.04. The van der Waals surface area contributed by atoms with Crippen molar-refractivity contribution in [2.45, 2.75) is 13.5 Å². The molecule has 6 nitrogen and oxygen atoms in total. The van der Waals surface area contributed by atoms with Crippen LogP contribution in [0.25, 0.3) is 0 Å². The molecule has 0 aliphatic rings. The van der Waals surface area contributed by atoms with Crippen molar-refractivity contribution in [3.8, 4) is 0 Å². The van der Waals surface area contributed by atoms with Crippen molar-refractivity contribution in [3.05, 3.63) is 39.6 Å². The molecule has 94 valence electrons. The van der Waals surface area contributed by atoms with Crippen molar-refractivity contribution < 1.29 is 14.7 Å². The molecule has 2 heterocycles. The van der Waals surface area contributed by atoms with E-state index in [2.05, 4.69) is 15.3 Å². The van der Waals surface area contributed by atoms with Crippen molar-refractivity contribution in [1.29, 1.82) is 0 Å². The summed E-state index contributed by atoms with van der Waals surface area (Å²) in [4.78, 5) is 30.9. The van der Waals surface area contributed by atoms with Crippen LogP contribution in [0.4, 0.5) is 0 Å². The first-order valence-electron chi connectivity index (χ1n) is 5.18. The fourth-order valence-electron chi connectivity index (χ4n) is 1.46. The van der Waals surface area contributed by atoms with Crippen LogP contribution in [-0.2, 0) is 6.54 Å². The number of H-pyrrole nitrogens is 1. The summed E-state index contributed by atoms with van der Waals surface area (Å²) in [5.74, 6) is -1.70. The van der Waals surface area contributed by atoms with Crippen molar-refractivity contribution >= 4 is 23.2 Å². The lowest BCUT2D eigenvalue weighted by atomic mass is 10.3. The van der Waals surface area contributed by atoms with Gasteiger partial charge in [0.2, 0.25) is 0 Å². The van der Waals surface area contributed by atoms with E-state index in [1.807, 2.05) is 19.1 Å². The predicted molar refractivity (Wildman–Crippen MR) is 65.8 cm³/mol. The van der Waals surface area contributed by atoms with E-state index in [0.717, 1.165) is 9.75 Å². The third-order valence-electron chi connectivity index (χ3n) is 2.29. The van der Waals surface area contributed by atoms with Crippen LogP contribution in [0, 0.1) is 6.92 Å². The van der Waals surface area contributed by atoms with Crippen LogP contribution in [0.15, 0.2) is 18.5 Å². The summed E-state index contributed by atoms with van der Waals surface area (Å²) < 4.78 is 0. The predicted octanol–water partition coefficient (Wildman–Crippen LogP) is 1.41. The molecule has 0 atom stereocenters. The summed E-state index contributed by atoms with van der Waals surface area (Å²) in [6.45, 7) is 2.34. The van der Waals surface area contributed by atoms with Crippen LogP contribution in [0.5, 0.6) is 0 Å². The first kappa shape index (κ1) is 12.3. The topological polar surface area (TPSA) is 95.1 Å². The number of carboxylic acid groups (broad SMARTS) is 1. The fourth-order valence-corrected chi connectivity index (χ4v) is 2.29. The average molecular weight is 265 g/mol. The standard InChI is InChI=1S/C11H11N3O3S/c1-6-2-3-7(18-6)4-12-10(15)8-9(11(16)17)14-5-13-8/h2-3,5H,4H2,1H3,(H,12,15)(H,13,14)(H,16,17). The molecule has 3 N–H and O–H groups in total. The second kappa shape index (κ2) is 5.01. The van der Waals surface area contributed by atoms with Crippen molar-refractivity contribution in [2.75, 3.05) is 0 Å². The molecule has 2 aromatic heterocycles. The van der Waals surface area contributed by atoms with Gasteiger partial charge in [-0.3, -0.25) is 4.79 Å². The fraction of sp³-hybridized carbons (Fsp3) is 0.182. The van der Waals surface area contributed by atoms with Crippen LogP contribution < -0.4 is 5.32 Å². The number of nitrogens with one attached hydrogen (secondary N) is 2. The number of imidazole rings is 1. The second-order valence-corrected chi connectivity index (χ2v) is 5.00. The number of aromatic carboxylic acids is 1. The molecule has 18 heavy (non-hydrogen) atoms. The van der Waals surface area contributed by atoms with Gasteiger partial charge in [0.05, 0.1) is 12.9 Å². The monoisotopic (exact) mass is 265 g/mol. The van der Waals surface area contributed by atoms with Crippen LogP contribution in [0.3, 0.4) is 0 Å². The van der Waals surface area contributed by atoms with Crippen molar-refractivity contribution in [1.82, 2.24) is 15.3 Å². The zero-order valence-electron chi connectivity index (χ0n) is 9.56. The molecule has 0 saturated heterocycles. The van der Waals surface area contributed by atoms with E-state index >= 15 is 0 Å². The number of hydrogen-bond acceptors (Lipinski definition) is 4. The molecule has 1 amide bonds. The number of aromatic nitrogens is 2. The maximum atomic E-state index is 11.8. The molecule has 2 rings (SSSR count). The number of carbonyl (C=O) groups excluding carboxylic acids is 1. The number of nitrogens with zero attached hydrogens (tertiary/aromatic N) is 1. The highest BCUT2D eigenvalue weighted by Crippen LogP contribution is 2.14. The van der Waals surface area contributed by atoms with Gasteiger partial charge in [0, 0.05) is 9.75 Å². The smallest absolute Gasteiger partial charge is 0.354 e. The van der Waals surface area contributed by atoms with Crippen LogP contribution in [0.1, 0.15) is 30.7 Å². The maximum Gasteiger partial charge on any atom is 0.354 e. The molecular weight excluding hydrogens is 254 g/mol. The number of carboxylic acids is 1. The Morgan fingerprint density at radius 3 is 2.89 bits per heavy atom. The minimum atomic E-state index is -1.20. The molecule has 0 radical (unpaired) electrons. The minimum Gasteiger partial charge on any atom is -0.477 e. The molecule has 0 aromatic carbocycles. The Bertz CT molecular complexity index is 588. The number of amides is 1. The summed E-state index contributed by atoms with van der Waals surface area (Å²) in [6, 6.07) is 3.88. The molecule has 0 unspecified atom stereocenters. The first-order valence-corrected chi connectivity index (χ1v) is 5.99. The second-order valence-electron chi connectivity index (χ2n) is 3.63. The SMILES string of the molecule is Cc1ccc(CNC(=O)c2nc[nH]c2C(=O)O)s1. The third-order valence-corrected chi connectivity index (χ3v) is 3.29. The van der Waals surface area contributed by atoms with E-state index in [1.165, 1.54) is 6.33 Å². The number of hydrogen-bond donors (Lipinski definition) is 3. The molecular formula is C11H11N3O3S. The van der Waals surface area contributed by atoms with Gasteiger partial charge in [-0.25, -0.2) is 9.78 Å². The highest BCUT2D eigenvalue weighted by atomic mass is 32.1. The summed E-state index contributed by atoms with van der Waals surface area (Å²) in [7, 11) is 0. The Morgan fingerprint density at radius 2 is 2.28 bits per heavy atom. The van der Waals surface area contributed by atoms with E-state index in [4.69, 9.17) is 5.11 Å². The summed E-state index contributed by atoms with van der Waals surface area (Å²) in [5.41, 5.74) is -0.300.